The van der Waals surface area contributed by atoms with Gasteiger partial charge >= 0.3 is 0 Å². The number of hydrogen-bond donors (Lipinski definition) is 2. The van der Waals surface area contributed by atoms with Crippen molar-refractivity contribution >= 4 is 17.3 Å². The van der Waals surface area contributed by atoms with Gasteiger partial charge in [0.25, 0.3) is 5.91 Å². The van der Waals surface area contributed by atoms with Gasteiger partial charge in [-0.3, -0.25) is 4.79 Å². The Morgan fingerprint density at radius 2 is 2.10 bits per heavy atom. The van der Waals surface area contributed by atoms with E-state index < -0.39 is 6.10 Å². The Morgan fingerprint density at radius 1 is 1.40 bits per heavy atom. The molecular weight excluding hydrogens is 256 g/mol. The molecule has 1 amide bonds. The summed E-state index contributed by atoms with van der Waals surface area (Å²) >= 11 is 0. The van der Waals surface area contributed by atoms with Gasteiger partial charge < -0.3 is 20.5 Å². The SMILES string of the molecule is CCOCC(C)OC(C)C(=O)Nc1ccc(N)cc1C. The number of nitrogen functional groups attached to an aromatic ring is 1. The number of ether oxygens (including phenoxy) is 2. The second kappa shape index (κ2) is 7.87. The molecule has 0 saturated heterocycles. The van der Waals surface area contributed by atoms with Gasteiger partial charge in [-0.15, -0.1) is 0 Å². The zero-order chi connectivity index (χ0) is 15.1. The van der Waals surface area contributed by atoms with Crippen molar-refractivity contribution < 1.29 is 14.3 Å². The summed E-state index contributed by atoms with van der Waals surface area (Å²) in [7, 11) is 0. The van der Waals surface area contributed by atoms with Crippen LogP contribution < -0.4 is 11.1 Å². The van der Waals surface area contributed by atoms with E-state index in [1.807, 2.05) is 26.8 Å². The van der Waals surface area contributed by atoms with Crippen LogP contribution in [0.4, 0.5) is 11.4 Å². The lowest BCUT2D eigenvalue weighted by Gasteiger charge is -2.19. The van der Waals surface area contributed by atoms with E-state index in [9.17, 15) is 4.79 Å². The number of hydrogen-bond acceptors (Lipinski definition) is 4. The van der Waals surface area contributed by atoms with Crippen LogP contribution in [0.25, 0.3) is 0 Å². The fourth-order valence-corrected chi connectivity index (χ4v) is 1.79. The summed E-state index contributed by atoms with van der Waals surface area (Å²) in [4.78, 5) is 12.1. The molecule has 5 nitrogen and oxygen atoms in total. The number of benzene rings is 1. The summed E-state index contributed by atoms with van der Waals surface area (Å²) in [5.74, 6) is -0.179. The number of anilines is 2. The van der Waals surface area contributed by atoms with E-state index in [1.165, 1.54) is 0 Å². The third-order valence-electron chi connectivity index (χ3n) is 2.87. The van der Waals surface area contributed by atoms with Gasteiger partial charge in [0, 0.05) is 18.0 Å². The summed E-state index contributed by atoms with van der Waals surface area (Å²) in [5.41, 5.74) is 8.03. The molecule has 0 bridgehead atoms. The van der Waals surface area contributed by atoms with Gasteiger partial charge in [-0.05, 0) is 51.5 Å². The van der Waals surface area contributed by atoms with Crippen molar-refractivity contribution in [3.8, 4) is 0 Å². The van der Waals surface area contributed by atoms with E-state index in [-0.39, 0.29) is 12.0 Å². The minimum absolute atomic E-state index is 0.122. The van der Waals surface area contributed by atoms with Crippen LogP contribution in [0.3, 0.4) is 0 Å². The largest absolute Gasteiger partial charge is 0.399 e. The topological polar surface area (TPSA) is 73.6 Å². The summed E-state index contributed by atoms with van der Waals surface area (Å²) in [6.45, 7) is 8.55. The molecule has 1 rings (SSSR count). The molecule has 2 unspecified atom stereocenters. The molecule has 20 heavy (non-hydrogen) atoms. The highest BCUT2D eigenvalue weighted by Gasteiger charge is 2.17. The van der Waals surface area contributed by atoms with Crippen LogP contribution in [-0.2, 0) is 14.3 Å². The van der Waals surface area contributed by atoms with Crippen molar-refractivity contribution in [1.29, 1.82) is 0 Å². The van der Waals surface area contributed by atoms with E-state index in [1.54, 1.807) is 19.1 Å². The number of nitrogens with two attached hydrogens (primary N) is 1. The van der Waals surface area contributed by atoms with Crippen molar-refractivity contribution in [3.63, 3.8) is 0 Å². The van der Waals surface area contributed by atoms with E-state index in [2.05, 4.69) is 5.32 Å². The third kappa shape index (κ3) is 5.19. The molecule has 1 aromatic rings. The van der Waals surface area contributed by atoms with Gasteiger partial charge in [-0.1, -0.05) is 0 Å². The Labute approximate surface area is 120 Å². The number of nitrogens with one attached hydrogen (secondary N) is 1. The van der Waals surface area contributed by atoms with E-state index in [4.69, 9.17) is 15.2 Å². The average molecular weight is 280 g/mol. The van der Waals surface area contributed by atoms with Gasteiger partial charge in [0.05, 0.1) is 12.7 Å². The summed E-state index contributed by atoms with van der Waals surface area (Å²) in [6.07, 6.45) is -0.661. The summed E-state index contributed by atoms with van der Waals surface area (Å²) in [5, 5.41) is 2.84. The monoisotopic (exact) mass is 280 g/mol. The van der Waals surface area contributed by atoms with Gasteiger partial charge in [0.2, 0.25) is 0 Å². The molecule has 0 aliphatic heterocycles. The van der Waals surface area contributed by atoms with Crippen LogP contribution in [0.5, 0.6) is 0 Å². The highest BCUT2D eigenvalue weighted by atomic mass is 16.5. The molecule has 0 radical (unpaired) electrons. The molecule has 5 heteroatoms. The van der Waals surface area contributed by atoms with E-state index >= 15 is 0 Å². The maximum absolute atomic E-state index is 12.1. The first-order valence-corrected chi connectivity index (χ1v) is 6.84. The minimum Gasteiger partial charge on any atom is -0.399 e. The molecular formula is C15H24N2O3. The molecule has 1 aromatic carbocycles. The average Bonchev–Trinajstić information content (AvgIpc) is 2.39. The van der Waals surface area contributed by atoms with Crippen LogP contribution in [0.15, 0.2) is 18.2 Å². The zero-order valence-electron chi connectivity index (χ0n) is 12.6. The van der Waals surface area contributed by atoms with Gasteiger partial charge in [0.1, 0.15) is 6.10 Å². The molecule has 0 saturated carbocycles. The molecule has 0 aromatic heterocycles. The first-order valence-electron chi connectivity index (χ1n) is 6.84. The van der Waals surface area contributed by atoms with Crippen molar-refractivity contribution in [2.45, 2.75) is 39.9 Å². The van der Waals surface area contributed by atoms with Crippen LogP contribution in [-0.4, -0.2) is 31.3 Å². The van der Waals surface area contributed by atoms with E-state index in [0.29, 0.717) is 18.9 Å². The lowest BCUT2D eigenvalue weighted by molar-refractivity contribution is -0.131. The summed E-state index contributed by atoms with van der Waals surface area (Å²) in [6, 6.07) is 5.36. The van der Waals surface area contributed by atoms with Crippen molar-refractivity contribution in [2.75, 3.05) is 24.3 Å². The standard InChI is InChI=1S/C15H24N2O3/c1-5-19-9-11(3)20-12(4)15(18)17-14-7-6-13(16)8-10(14)2/h6-8,11-12H,5,9,16H2,1-4H3,(H,17,18). The number of carbonyl (C=O) groups excluding carboxylic acids is 1. The molecule has 0 spiro atoms. The maximum atomic E-state index is 12.1. The van der Waals surface area contributed by atoms with Crippen LogP contribution in [0.1, 0.15) is 26.3 Å². The van der Waals surface area contributed by atoms with Crippen molar-refractivity contribution in [2.24, 2.45) is 0 Å². The fraction of sp³-hybridized carbons (Fsp3) is 0.533. The third-order valence-corrected chi connectivity index (χ3v) is 2.87. The Hall–Kier alpha value is -1.59. The van der Waals surface area contributed by atoms with Gasteiger partial charge in [-0.2, -0.15) is 0 Å². The minimum atomic E-state index is -0.539. The maximum Gasteiger partial charge on any atom is 0.253 e. The second-order valence-electron chi connectivity index (χ2n) is 4.81. The summed E-state index contributed by atoms with van der Waals surface area (Å²) < 4.78 is 10.8. The number of aryl methyl sites for hydroxylation is 1. The first kappa shape index (κ1) is 16.5. The normalized spacial score (nSPS) is 13.8. The lowest BCUT2D eigenvalue weighted by atomic mass is 10.1. The zero-order valence-corrected chi connectivity index (χ0v) is 12.6. The lowest BCUT2D eigenvalue weighted by Crippen LogP contribution is -2.32. The predicted molar refractivity (Wildman–Crippen MR) is 80.7 cm³/mol. The van der Waals surface area contributed by atoms with Gasteiger partial charge in [-0.25, -0.2) is 0 Å². The highest BCUT2D eigenvalue weighted by Crippen LogP contribution is 2.18. The van der Waals surface area contributed by atoms with Crippen LogP contribution in [0, 0.1) is 6.92 Å². The van der Waals surface area contributed by atoms with Crippen molar-refractivity contribution in [1.82, 2.24) is 0 Å². The van der Waals surface area contributed by atoms with Crippen LogP contribution >= 0.6 is 0 Å². The van der Waals surface area contributed by atoms with Crippen molar-refractivity contribution in [3.05, 3.63) is 23.8 Å². The number of rotatable bonds is 7. The Morgan fingerprint density at radius 3 is 2.70 bits per heavy atom. The highest BCUT2D eigenvalue weighted by molar-refractivity contribution is 5.94. The quantitative estimate of drug-likeness (QED) is 0.752. The number of carbonyl (C=O) groups is 1. The first-order chi connectivity index (χ1) is 9.43. The molecule has 3 N–H and O–H groups in total. The van der Waals surface area contributed by atoms with Crippen LogP contribution in [0.2, 0.25) is 0 Å². The molecule has 0 aliphatic rings. The fourth-order valence-electron chi connectivity index (χ4n) is 1.79. The Balaban J connectivity index is 2.53. The molecule has 0 heterocycles. The molecule has 0 fully saturated rings. The second-order valence-corrected chi connectivity index (χ2v) is 4.81. The molecule has 2 atom stereocenters. The number of amides is 1. The Kier molecular flexibility index (Phi) is 6.48. The smallest absolute Gasteiger partial charge is 0.253 e. The molecule has 112 valence electrons. The van der Waals surface area contributed by atoms with E-state index in [0.717, 1.165) is 11.3 Å². The molecule has 0 aliphatic carbocycles. The van der Waals surface area contributed by atoms with Gasteiger partial charge in [0.15, 0.2) is 0 Å². The Bertz CT molecular complexity index is 449. The predicted octanol–water partition coefficient (Wildman–Crippen LogP) is 2.35.